The number of esters is 1. The number of methoxy groups -OCH3 is 1. The molecular formula is C13H17NO3. The average molecular weight is 235 g/mol. The van der Waals surface area contributed by atoms with E-state index in [4.69, 9.17) is 4.74 Å². The fraction of sp³-hybridized carbons (Fsp3) is 0.308. The molecule has 4 nitrogen and oxygen atoms in total. The number of carbonyl (C=O) groups excluding carboxylic acids is 1. The summed E-state index contributed by atoms with van der Waals surface area (Å²) < 4.78 is 9.89. The van der Waals surface area contributed by atoms with E-state index in [1.165, 1.54) is 7.11 Å². The Morgan fingerprint density at radius 2 is 2.18 bits per heavy atom. The first kappa shape index (κ1) is 13.3. The van der Waals surface area contributed by atoms with Gasteiger partial charge in [0.25, 0.3) is 0 Å². The molecule has 0 unspecified atom stereocenters. The minimum Gasteiger partial charge on any atom is -0.481 e. The lowest BCUT2D eigenvalue weighted by molar-refractivity contribution is -0.142. The largest absolute Gasteiger partial charge is 0.481 e. The van der Waals surface area contributed by atoms with E-state index in [-0.39, 0.29) is 12.6 Å². The molecule has 4 heteroatoms. The van der Waals surface area contributed by atoms with E-state index in [1.54, 1.807) is 0 Å². The summed E-state index contributed by atoms with van der Waals surface area (Å²) in [6, 6.07) is 7.53. The average Bonchev–Trinajstić information content (AvgIpc) is 2.37. The van der Waals surface area contributed by atoms with Crippen molar-refractivity contribution in [2.24, 2.45) is 0 Å². The Morgan fingerprint density at radius 3 is 2.88 bits per heavy atom. The monoisotopic (exact) mass is 235 g/mol. The third-order valence-electron chi connectivity index (χ3n) is 2.11. The van der Waals surface area contributed by atoms with E-state index in [1.807, 2.05) is 43.5 Å². The molecule has 0 radical (unpaired) electrons. The zero-order valence-electron chi connectivity index (χ0n) is 10.1. The number of carbonyl (C=O) groups is 1. The van der Waals surface area contributed by atoms with Crippen LogP contribution in [0, 0.1) is 0 Å². The molecule has 0 amide bonds. The van der Waals surface area contributed by atoms with Crippen LogP contribution in [0.15, 0.2) is 30.3 Å². The van der Waals surface area contributed by atoms with Gasteiger partial charge in [-0.2, -0.15) is 0 Å². The van der Waals surface area contributed by atoms with Crippen molar-refractivity contribution >= 4 is 12.0 Å². The molecule has 92 valence electrons. The van der Waals surface area contributed by atoms with Crippen LogP contribution in [0.5, 0.6) is 5.75 Å². The lowest BCUT2D eigenvalue weighted by Gasteiger charge is -2.07. The Morgan fingerprint density at radius 1 is 1.41 bits per heavy atom. The van der Waals surface area contributed by atoms with Crippen molar-refractivity contribution in [3.05, 3.63) is 35.9 Å². The molecule has 0 aliphatic heterocycles. The summed E-state index contributed by atoms with van der Waals surface area (Å²) in [5, 5.41) is 3.02. The SMILES string of the molecule is CNCC=Cc1ccccc1OCC(=O)OC. The molecule has 0 bridgehead atoms. The van der Waals surface area contributed by atoms with Crippen LogP contribution in [0.25, 0.3) is 6.08 Å². The van der Waals surface area contributed by atoms with E-state index in [0.29, 0.717) is 5.75 Å². The summed E-state index contributed by atoms with van der Waals surface area (Å²) in [6.45, 7) is 0.707. The van der Waals surface area contributed by atoms with Crippen molar-refractivity contribution in [3.63, 3.8) is 0 Å². The molecule has 0 heterocycles. The highest BCUT2D eigenvalue weighted by molar-refractivity contribution is 5.71. The molecular weight excluding hydrogens is 218 g/mol. The summed E-state index contributed by atoms with van der Waals surface area (Å²) in [7, 11) is 3.22. The summed E-state index contributed by atoms with van der Waals surface area (Å²) >= 11 is 0. The Kier molecular flexibility index (Phi) is 5.82. The molecule has 0 aromatic heterocycles. The summed E-state index contributed by atoms with van der Waals surface area (Å²) in [4.78, 5) is 11.0. The lowest BCUT2D eigenvalue weighted by Crippen LogP contribution is -2.13. The van der Waals surface area contributed by atoms with E-state index in [2.05, 4.69) is 10.1 Å². The van der Waals surface area contributed by atoms with Gasteiger partial charge in [0.05, 0.1) is 7.11 Å². The molecule has 1 rings (SSSR count). The number of benzene rings is 1. The van der Waals surface area contributed by atoms with Crippen molar-refractivity contribution in [2.45, 2.75) is 0 Å². The van der Waals surface area contributed by atoms with Gasteiger partial charge in [0.2, 0.25) is 0 Å². The Hall–Kier alpha value is -1.81. The first-order valence-electron chi connectivity index (χ1n) is 5.37. The lowest BCUT2D eigenvalue weighted by atomic mass is 10.2. The van der Waals surface area contributed by atoms with Gasteiger partial charge in [-0.25, -0.2) is 4.79 Å². The molecule has 0 fully saturated rings. The van der Waals surface area contributed by atoms with Gasteiger partial charge in [0.1, 0.15) is 5.75 Å². The molecule has 0 saturated heterocycles. The van der Waals surface area contributed by atoms with Crippen LogP contribution in [0.3, 0.4) is 0 Å². The second-order valence-electron chi connectivity index (χ2n) is 3.36. The maximum Gasteiger partial charge on any atom is 0.343 e. The summed E-state index contributed by atoms with van der Waals surface area (Å²) in [5.41, 5.74) is 0.937. The van der Waals surface area contributed by atoms with Gasteiger partial charge < -0.3 is 14.8 Å². The third kappa shape index (κ3) is 4.70. The van der Waals surface area contributed by atoms with Crippen LogP contribution in [0.2, 0.25) is 0 Å². The van der Waals surface area contributed by atoms with Crippen LogP contribution in [-0.4, -0.2) is 33.3 Å². The van der Waals surface area contributed by atoms with Gasteiger partial charge in [-0.05, 0) is 13.1 Å². The van der Waals surface area contributed by atoms with Gasteiger partial charge in [-0.3, -0.25) is 0 Å². The van der Waals surface area contributed by atoms with E-state index < -0.39 is 0 Å². The second kappa shape index (κ2) is 7.46. The third-order valence-corrected chi connectivity index (χ3v) is 2.11. The zero-order valence-corrected chi connectivity index (χ0v) is 10.1. The minimum absolute atomic E-state index is 0.0760. The number of rotatable bonds is 6. The zero-order chi connectivity index (χ0) is 12.5. The fourth-order valence-electron chi connectivity index (χ4n) is 1.25. The molecule has 0 atom stereocenters. The van der Waals surface area contributed by atoms with E-state index >= 15 is 0 Å². The highest BCUT2D eigenvalue weighted by atomic mass is 16.6. The molecule has 0 aliphatic rings. The predicted octanol–water partition coefficient (Wildman–Crippen LogP) is 1.47. The van der Waals surface area contributed by atoms with Crippen molar-refractivity contribution in [3.8, 4) is 5.75 Å². The molecule has 1 N–H and O–H groups in total. The van der Waals surface area contributed by atoms with E-state index in [0.717, 1.165) is 12.1 Å². The number of para-hydroxylation sites is 1. The number of hydrogen-bond acceptors (Lipinski definition) is 4. The van der Waals surface area contributed by atoms with Gasteiger partial charge in [-0.1, -0.05) is 30.4 Å². The molecule has 0 aliphatic carbocycles. The van der Waals surface area contributed by atoms with Crippen molar-refractivity contribution in [1.82, 2.24) is 5.32 Å². The van der Waals surface area contributed by atoms with Crippen molar-refractivity contribution in [1.29, 1.82) is 0 Å². The van der Waals surface area contributed by atoms with Crippen LogP contribution >= 0.6 is 0 Å². The maximum absolute atomic E-state index is 11.0. The normalized spacial score (nSPS) is 10.5. The molecule has 17 heavy (non-hydrogen) atoms. The number of nitrogens with one attached hydrogen (secondary N) is 1. The van der Waals surface area contributed by atoms with Gasteiger partial charge in [0.15, 0.2) is 6.61 Å². The first-order valence-corrected chi connectivity index (χ1v) is 5.37. The van der Waals surface area contributed by atoms with Crippen LogP contribution in [0.1, 0.15) is 5.56 Å². The smallest absolute Gasteiger partial charge is 0.343 e. The Bertz CT molecular complexity index is 388. The van der Waals surface area contributed by atoms with Crippen LogP contribution in [-0.2, 0) is 9.53 Å². The van der Waals surface area contributed by atoms with Gasteiger partial charge in [0, 0.05) is 12.1 Å². The number of likely N-dealkylation sites (N-methyl/N-ethyl adjacent to an activating group) is 1. The maximum atomic E-state index is 11.0. The predicted molar refractivity (Wildman–Crippen MR) is 66.9 cm³/mol. The number of ether oxygens (including phenoxy) is 2. The first-order chi connectivity index (χ1) is 8.27. The molecule has 1 aromatic rings. The fourth-order valence-corrected chi connectivity index (χ4v) is 1.25. The standard InChI is InChI=1S/C13H17NO3/c1-14-9-5-7-11-6-3-4-8-12(11)17-10-13(15)16-2/h3-8,14H,9-10H2,1-2H3. The summed E-state index contributed by atoms with van der Waals surface area (Å²) in [6.07, 6.45) is 3.93. The number of hydrogen-bond donors (Lipinski definition) is 1. The Balaban J connectivity index is 2.67. The van der Waals surface area contributed by atoms with Crippen LogP contribution < -0.4 is 10.1 Å². The Labute approximate surface area is 101 Å². The highest BCUT2D eigenvalue weighted by Gasteiger charge is 2.04. The van der Waals surface area contributed by atoms with Crippen molar-refractivity contribution in [2.75, 3.05) is 27.3 Å². The molecule has 0 saturated carbocycles. The minimum atomic E-state index is -0.390. The van der Waals surface area contributed by atoms with Crippen molar-refractivity contribution < 1.29 is 14.3 Å². The molecule has 0 spiro atoms. The quantitative estimate of drug-likeness (QED) is 0.758. The van der Waals surface area contributed by atoms with Crippen LogP contribution in [0.4, 0.5) is 0 Å². The molecule has 1 aromatic carbocycles. The highest BCUT2D eigenvalue weighted by Crippen LogP contribution is 2.19. The topological polar surface area (TPSA) is 47.6 Å². The summed E-state index contributed by atoms with van der Waals surface area (Å²) in [5.74, 6) is 0.282. The van der Waals surface area contributed by atoms with Gasteiger partial charge >= 0.3 is 5.97 Å². The van der Waals surface area contributed by atoms with Gasteiger partial charge in [-0.15, -0.1) is 0 Å². The second-order valence-corrected chi connectivity index (χ2v) is 3.36. The van der Waals surface area contributed by atoms with E-state index in [9.17, 15) is 4.79 Å².